The third-order valence-electron chi connectivity index (χ3n) is 3.20. The molecule has 112 valence electrons. The minimum absolute atomic E-state index is 0.279. The molecular formula is C14H18N4O3. The molecule has 0 bridgehead atoms. The standard InChI is InChI=1S/C14H18N4O3/c1-3-4-5-11(14(20)21)17-13(19)10-8-15-18-7-6-9(2)16-12(10)18/h6-8,11H,3-5H2,1-2H3,(H,17,19)(H,20,21). The maximum atomic E-state index is 12.2. The lowest BCUT2D eigenvalue weighted by Crippen LogP contribution is -2.40. The highest BCUT2D eigenvalue weighted by Gasteiger charge is 2.22. The number of aliphatic carboxylic acids is 1. The van der Waals surface area contributed by atoms with Gasteiger partial charge in [0.2, 0.25) is 0 Å². The Kier molecular flexibility index (Phi) is 4.52. The first-order valence-corrected chi connectivity index (χ1v) is 6.87. The van der Waals surface area contributed by atoms with Gasteiger partial charge in [-0.2, -0.15) is 5.10 Å². The molecule has 2 aromatic rings. The number of aryl methyl sites for hydroxylation is 1. The van der Waals surface area contributed by atoms with Crippen LogP contribution in [0.4, 0.5) is 0 Å². The molecule has 0 saturated carbocycles. The second-order valence-corrected chi connectivity index (χ2v) is 4.90. The molecule has 0 saturated heterocycles. The number of amides is 1. The zero-order valence-corrected chi connectivity index (χ0v) is 12.0. The van der Waals surface area contributed by atoms with Gasteiger partial charge in [0.05, 0.1) is 6.20 Å². The first-order chi connectivity index (χ1) is 10.0. The van der Waals surface area contributed by atoms with E-state index in [0.717, 1.165) is 18.5 Å². The number of hydrogen-bond donors (Lipinski definition) is 2. The molecule has 0 radical (unpaired) electrons. The fourth-order valence-corrected chi connectivity index (χ4v) is 2.02. The Morgan fingerprint density at radius 1 is 1.48 bits per heavy atom. The predicted octanol–water partition coefficient (Wildman–Crippen LogP) is 1.41. The van der Waals surface area contributed by atoms with E-state index in [1.165, 1.54) is 10.7 Å². The fraction of sp³-hybridized carbons (Fsp3) is 0.429. The molecule has 0 aliphatic heterocycles. The second-order valence-electron chi connectivity index (χ2n) is 4.90. The molecule has 0 fully saturated rings. The van der Waals surface area contributed by atoms with Crippen molar-refractivity contribution in [1.29, 1.82) is 0 Å². The van der Waals surface area contributed by atoms with Crippen molar-refractivity contribution in [3.8, 4) is 0 Å². The number of nitrogens with one attached hydrogen (secondary N) is 1. The molecule has 1 amide bonds. The van der Waals surface area contributed by atoms with Crippen LogP contribution in [-0.4, -0.2) is 37.6 Å². The smallest absolute Gasteiger partial charge is 0.326 e. The molecule has 7 heteroatoms. The molecule has 7 nitrogen and oxygen atoms in total. The topological polar surface area (TPSA) is 96.6 Å². The third kappa shape index (κ3) is 3.36. The summed E-state index contributed by atoms with van der Waals surface area (Å²) in [6.45, 7) is 3.79. The molecule has 2 aromatic heterocycles. The van der Waals surface area contributed by atoms with Gasteiger partial charge in [0.1, 0.15) is 11.6 Å². The summed E-state index contributed by atoms with van der Waals surface area (Å²) in [6, 6.07) is 0.889. The monoisotopic (exact) mass is 290 g/mol. The number of carbonyl (C=O) groups excluding carboxylic acids is 1. The van der Waals surface area contributed by atoms with Gasteiger partial charge in [0.25, 0.3) is 5.91 Å². The van der Waals surface area contributed by atoms with Crippen molar-refractivity contribution in [3.63, 3.8) is 0 Å². The highest BCUT2D eigenvalue weighted by atomic mass is 16.4. The van der Waals surface area contributed by atoms with Crippen molar-refractivity contribution in [2.24, 2.45) is 0 Å². The van der Waals surface area contributed by atoms with Gasteiger partial charge in [-0.05, 0) is 19.4 Å². The fourth-order valence-electron chi connectivity index (χ4n) is 2.02. The Labute approximate surface area is 122 Å². The van der Waals surface area contributed by atoms with E-state index in [9.17, 15) is 9.59 Å². The minimum Gasteiger partial charge on any atom is -0.480 e. The predicted molar refractivity (Wildman–Crippen MR) is 76.1 cm³/mol. The number of carboxylic acid groups (broad SMARTS) is 1. The summed E-state index contributed by atoms with van der Waals surface area (Å²) >= 11 is 0. The summed E-state index contributed by atoms with van der Waals surface area (Å²) < 4.78 is 1.49. The Morgan fingerprint density at radius 2 is 2.24 bits per heavy atom. The van der Waals surface area contributed by atoms with Gasteiger partial charge in [0.15, 0.2) is 5.65 Å². The van der Waals surface area contributed by atoms with Crippen molar-refractivity contribution >= 4 is 17.5 Å². The van der Waals surface area contributed by atoms with Crippen LogP contribution in [0.2, 0.25) is 0 Å². The molecule has 0 aliphatic rings. The van der Waals surface area contributed by atoms with Crippen LogP contribution in [-0.2, 0) is 4.79 Å². The van der Waals surface area contributed by atoms with Crippen LogP contribution >= 0.6 is 0 Å². The van der Waals surface area contributed by atoms with Crippen molar-refractivity contribution in [2.75, 3.05) is 0 Å². The number of nitrogens with zero attached hydrogens (tertiary/aromatic N) is 3. The largest absolute Gasteiger partial charge is 0.480 e. The van der Waals surface area contributed by atoms with Gasteiger partial charge in [-0.3, -0.25) is 4.79 Å². The van der Waals surface area contributed by atoms with Crippen LogP contribution in [0, 0.1) is 6.92 Å². The molecule has 2 rings (SSSR count). The van der Waals surface area contributed by atoms with E-state index >= 15 is 0 Å². The number of carbonyl (C=O) groups is 2. The third-order valence-corrected chi connectivity index (χ3v) is 3.20. The van der Waals surface area contributed by atoms with Gasteiger partial charge in [-0.15, -0.1) is 0 Å². The second kappa shape index (κ2) is 6.34. The van der Waals surface area contributed by atoms with Gasteiger partial charge < -0.3 is 10.4 Å². The Bertz CT molecular complexity index is 665. The maximum absolute atomic E-state index is 12.2. The molecule has 0 aromatic carbocycles. The zero-order chi connectivity index (χ0) is 15.4. The van der Waals surface area contributed by atoms with Crippen molar-refractivity contribution < 1.29 is 14.7 Å². The van der Waals surface area contributed by atoms with Crippen LogP contribution in [0.3, 0.4) is 0 Å². The van der Waals surface area contributed by atoms with E-state index in [1.54, 1.807) is 12.3 Å². The van der Waals surface area contributed by atoms with Gasteiger partial charge in [-0.1, -0.05) is 19.8 Å². The highest BCUT2D eigenvalue weighted by Crippen LogP contribution is 2.10. The summed E-state index contributed by atoms with van der Waals surface area (Å²) in [5.74, 6) is -1.50. The molecule has 1 atom stereocenters. The van der Waals surface area contributed by atoms with Crippen molar-refractivity contribution in [2.45, 2.75) is 39.2 Å². The zero-order valence-electron chi connectivity index (χ0n) is 12.0. The quantitative estimate of drug-likeness (QED) is 0.838. The summed E-state index contributed by atoms with van der Waals surface area (Å²) in [4.78, 5) is 27.7. The molecule has 2 N–H and O–H groups in total. The summed E-state index contributed by atoms with van der Waals surface area (Å²) in [6.07, 6.45) is 5.12. The number of unbranched alkanes of at least 4 members (excludes halogenated alkanes) is 1. The highest BCUT2D eigenvalue weighted by molar-refractivity contribution is 6.01. The van der Waals surface area contributed by atoms with E-state index < -0.39 is 17.9 Å². The number of hydrogen-bond acceptors (Lipinski definition) is 4. The van der Waals surface area contributed by atoms with E-state index in [4.69, 9.17) is 5.11 Å². The average molecular weight is 290 g/mol. The van der Waals surface area contributed by atoms with Crippen LogP contribution in [0.15, 0.2) is 18.5 Å². The molecule has 1 unspecified atom stereocenters. The number of carboxylic acids is 1. The average Bonchev–Trinajstić information content (AvgIpc) is 2.85. The summed E-state index contributed by atoms with van der Waals surface area (Å²) in [5.41, 5.74) is 1.46. The van der Waals surface area contributed by atoms with Crippen LogP contribution in [0.1, 0.15) is 42.2 Å². The van der Waals surface area contributed by atoms with E-state index in [1.807, 2.05) is 13.8 Å². The summed E-state index contributed by atoms with van der Waals surface area (Å²) in [5, 5.41) is 15.7. The first kappa shape index (κ1) is 15.0. The normalized spacial score (nSPS) is 12.3. The van der Waals surface area contributed by atoms with E-state index in [2.05, 4.69) is 15.4 Å². The lowest BCUT2D eigenvalue weighted by atomic mass is 10.1. The van der Waals surface area contributed by atoms with Crippen molar-refractivity contribution in [1.82, 2.24) is 19.9 Å². The lowest BCUT2D eigenvalue weighted by molar-refractivity contribution is -0.139. The van der Waals surface area contributed by atoms with Crippen LogP contribution in [0.5, 0.6) is 0 Å². The van der Waals surface area contributed by atoms with Gasteiger partial charge in [0, 0.05) is 11.9 Å². The first-order valence-electron chi connectivity index (χ1n) is 6.87. The maximum Gasteiger partial charge on any atom is 0.326 e. The van der Waals surface area contributed by atoms with Crippen LogP contribution in [0.25, 0.3) is 5.65 Å². The lowest BCUT2D eigenvalue weighted by Gasteiger charge is -2.13. The molecule has 2 heterocycles. The van der Waals surface area contributed by atoms with E-state index in [-0.39, 0.29) is 5.56 Å². The molecule has 0 spiro atoms. The molecular weight excluding hydrogens is 272 g/mol. The number of aromatic nitrogens is 3. The van der Waals surface area contributed by atoms with Crippen LogP contribution < -0.4 is 5.32 Å². The Hall–Kier alpha value is -2.44. The molecule has 0 aliphatic carbocycles. The van der Waals surface area contributed by atoms with Gasteiger partial charge >= 0.3 is 5.97 Å². The summed E-state index contributed by atoms with van der Waals surface area (Å²) in [7, 11) is 0. The number of fused-ring (bicyclic) bond motifs is 1. The molecule has 21 heavy (non-hydrogen) atoms. The minimum atomic E-state index is -1.03. The SMILES string of the molecule is CCCCC(NC(=O)c1cnn2ccc(C)nc12)C(=O)O. The van der Waals surface area contributed by atoms with Gasteiger partial charge in [-0.25, -0.2) is 14.3 Å². The van der Waals surface area contributed by atoms with Crippen molar-refractivity contribution in [3.05, 3.63) is 29.7 Å². The Balaban J connectivity index is 2.21. The van der Waals surface area contributed by atoms with E-state index in [0.29, 0.717) is 12.1 Å². The Morgan fingerprint density at radius 3 is 2.90 bits per heavy atom. The number of rotatable bonds is 6.